The Hall–Kier alpha value is -12.7. The van der Waals surface area contributed by atoms with Gasteiger partial charge >= 0.3 is 11.9 Å². The Balaban J connectivity index is 0.929. The summed E-state index contributed by atoms with van der Waals surface area (Å²) in [6, 6.07) is 19.2. The van der Waals surface area contributed by atoms with E-state index in [1.807, 2.05) is 43.3 Å². The number of rotatable bonds is 51. The smallest absolute Gasteiger partial charge is 0.305 e. The molecule has 0 spiro atoms. The number of phenols is 1. The van der Waals surface area contributed by atoms with E-state index >= 15 is 28.8 Å². The van der Waals surface area contributed by atoms with Crippen molar-refractivity contribution in [2.75, 3.05) is 52.3 Å². The fourth-order valence-electron chi connectivity index (χ4n) is 16.5. The van der Waals surface area contributed by atoms with Gasteiger partial charge in [0.1, 0.15) is 84.6 Å². The van der Waals surface area contributed by atoms with Crippen molar-refractivity contribution in [1.82, 2.24) is 72.0 Å². The highest BCUT2D eigenvalue weighted by Crippen LogP contribution is 2.37. The number of carboxylic acids is 2. The molecule has 0 radical (unpaired) electrons. The van der Waals surface area contributed by atoms with Gasteiger partial charge in [-0.15, -0.1) is 11.8 Å². The van der Waals surface area contributed by atoms with Gasteiger partial charge in [0.2, 0.25) is 76.8 Å². The largest absolute Gasteiger partial charge is 0.508 e. The van der Waals surface area contributed by atoms with Gasteiger partial charge in [0.15, 0.2) is 0 Å². The summed E-state index contributed by atoms with van der Waals surface area (Å²) in [6.07, 6.45) is 0.721. The lowest BCUT2D eigenvalue weighted by Crippen LogP contribution is -2.60. The number of hydrogen-bond donors (Lipinski definition) is 14. The zero-order chi connectivity index (χ0) is 96.2. The molecular weight excluding hydrogens is 1720 g/mol. The minimum atomic E-state index is -1.59. The number of unbranched alkanes of at least 4 members (excludes halogenated alkanes) is 1. The lowest BCUT2D eigenvalue weighted by molar-refractivity contribution is -0.152. The molecule has 4 heterocycles. The number of aliphatic carboxylic acids is 2. The van der Waals surface area contributed by atoms with E-state index in [4.69, 9.17) is 16.2 Å². The molecule has 6 aromatic rings. The molecular formula is C94H123FN16O20S. The van der Waals surface area contributed by atoms with Crippen LogP contribution in [0.1, 0.15) is 133 Å². The van der Waals surface area contributed by atoms with Crippen LogP contribution in [-0.2, 0) is 114 Å². The van der Waals surface area contributed by atoms with Crippen LogP contribution >= 0.6 is 11.8 Å². The first kappa shape index (κ1) is 103. The van der Waals surface area contributed by atoms with Gasteiger partial charge < -0.3 is 103 Å². The lowest BCUT2D eigenvalue weighted by Gasteiger charge is -2.38. The number of benzene rings is 5. The molecule has 132 heavy (non-hydrogen) atoms. The van der Waals surface area contributed by atoms with Crippen molar-refractivity contribution in [3.63, 3.8) is 0 Å². The molecule has 3 aliphatic heterocycles. The maximum Gasteiger partial charge on any atom is 0.305 e. The monoisotopic (exact) mass is 1850 g/mol. The van der Waals surface area contributed by atoms with Crippen LogP contribution in [0.25, 0.3) is 10.9 Å². The van der Waals surface area contributed by atoms with Gasteiger partial charge in [-0.2, -0.15) is 0 Å². The molecule has 0 saturated carbocycles. The summed E-state index contributed by atoms with van der Waals surface area (Å²) in [7, 11) is 4.24. The summed E-state index contributed by atoms with van der Waals surface area (Å²) >= 11 is 0.798. The molecule has 3 saturated heterocycles. The average Bonchev–Trinajstić information content (AvgIpc) is 1.61. The summed E-state index contributed by atoms with van der Waals surface area (Å²) in [4.78, 5) is 235. The number of aromatic amines is 1. The number of aromatic hydroxyl groups is 1. The lowest BCUT2D eigenvalue weighted by atomic mass is 9.99. The predicted octanol–water partition coefficient (Wildman–Crippen LogP) is 2.67. The fourth-order valence-corrected chi connectivity index (χ4v) is 17.3. The minimum absolute atomic E-state index is 0.0880. The number of hydrogen-bond acceptors (Lipinski definition) is 21. The van der Waals surface area contributed by atoms with Crippen LogP contribution in [0.2, 0.25) is 0 Å². The number of H-pyrrole nitrogens is 1. The SMILES string of the molecule is CCCC[C@@H](C(=O)N1CCC[C@@H]1C(=O)N[C@H](C=O)CC(=O)O)N(C)C(=O)C(Cc1ccccc1)N(C)C(=O)[C@H](Cc1ccc(F)cc1)NC(=O)CSC[C@H](NC(=O)[C@H](CC(C)C)NC(=O)[C@H](Cc1ccc(O)cc1)NC(=O)[C@H](Cc1c[nH]c2ccccc12)NC(=O)[C@H]1CCCN1C1OC1[C@H](CCC(=O)O)NC(=O)C(Cc1ccccc1)N(C)C(=O)[C@@H](N)C(C)C)C(=O)NCC(N)=O. The molecule has 712 valence electrons. The molecule has 15 atom stereocenters. The number of phenolic OH excluding ortho intramolecular Hbond substituents is 1. The number of halogens is 1. The molecule has 9 rings (SSSR count). The molecule has 1 aromatic heterocycles. The number of amides is 13. The highest BCUT2D eigenvalue weighted by molar-refractivity contribution is 8.00. The van der Waals surface area contributed by atoms with E-state index in [-0.39, 0.29) is 101 Å². The summed E-state index contributed by atoms with van der Waals surface area (Å²) in [5.74, 6) is -14.8. The fraction of sp³-hybridized carbons (Fsp3) is 0.489. The van der Waals surface area contributed by atoms with Crippen LogP contribution in [0.4, 0.5) is 4.39 Å². The third kappa shape index (κ3) is 29.7. The molecule has 4 unspecified atom stereocenters. The van der Waals surface area contributed by atoms with E-state index in [9.17, 15) is 67.7 Å². The molecule has 3 fully saturated rings. The summed E-state index contributed by atoms with van der Waals surface area (Å²) in [5.41, 5.74) is 15.2. The number of carbonyl (C=O) groups excluding carboxylic acids is 14. The first-order valence-electron chi connectivity index (χ1n) is 44.5. The number of carbonyl (C=O) groups is 16. The number of likely N-dealkylation sites (N-methyl/N-ethyl adjacent to an activating group) is 3. The van der Waals surface area contributed by atoms with Gasteiger partial charge in [0, 0.05) is 95.6 Å². The Bertz CT molecular complexity index is 5020. The summed E-state index contributed by atoms with van der Waals surface area (Å²) < 4.78 is 20.8. The van der Waals surface area contributed by atoms with Gasteiger partial charge in [-0.25, -0.2) is 4.39 Å². The summed E-state index contributed by atoms with van der Waals surface area (Å²) in [5, 5.41) is 52.2. The third-order valence-electron chi connectivity index (χ3n) is 23.9. The van der Waals surface area contributed by atoms with Crippen molar-refractivity contribution in [1.29, 1.82) is 0 Å². The third-order valence-corrected chi connectivity index (χ3v) is 24.9. The molecule has 13 amide bonds. The van der Waals surface area contributed by atoms with E-state index in [2.05, 4.69) is 47.5 Å². The standard InChI is InChI=1S/C94H123FN16O20S/c1-9-10-27-74(92(129)110-40-19-28-72(110)87(124)100-62(51-112)48-80(118)119)107(6)91(128)76(46-57-23-15-12-16-24-57)109(8)90(127)70(44-58-30-34-61(95)35-31-58)101-78(115)53-132-52-71(83(120)99-50-77(96)114)106-84(121)67(42-54(2)3)103-85(122)68(43-59-32-36-63(113)37-33-59)104-86(123)69(47-60-49-98-65-26-18-17-25-64(60)65)105-88(125)73-29-20-41-111(73)94-82(131-94)66(38-39-79(116)117)102-89(126)75(45-56-21-13-11-14-22-56)108(7)93(130)81(97)55(4)5/h11-18,21-26,30-37,49,51,54-55,62,66-76,81-82,94,98,113H,9-10,19-20,27-29,38-48,50,52-53,97H2,1-8H3,(H2,96,114)(H,99,120)(H,100,124)(H,101,115)(H,102,126)(H,103,122)(H,104,123)(H,105,125)(H,106,121)(H,116,117)(H,118,119)/t62-,66-,67-,68-,69-,70-,71-,72+,73+,74-,75?,76?,81-,82?,94?/m0/s1. The highest BCUT2D eigenvalue weighted by atomic mass is 32.2. The van der Waals surface area contributed by atoms with Crippen LogP contribution in [0, 0.1) is 17.7 Å². The van der Waals surface area contributed by atoms with Gasteiger partial charge in [-0.3, -0.25) is 76.8 Å². The van der Waals surface area contributed by atoms with Crippen molar-refractivity contribution < 1.29 is 101 Å². The number of epoxide rings is 1. The number of nitrogens with zero attached hydrogens (tertiary/aromatic N) is 5. The number of aldehydes is 1. The Kier molecular flexibility index (Phi) is 38.7. The molecule has 36 nitrogen and oxygen atoms in total. The number of para-hydroxylation sites is 1. The Morgan fingerprint density at radius 2 is 1.14 bits per heavy atom. The number of ether oxygens (including phenoxy) is 1. The van der Waals surface area contributed by atoms with Crippen LogP contribution in [-0.4, -0.2) is 283 Å². The first-order chi connectivity index (χ1) is 62.9. The quantitative estimate of drug-likeness (QED) is 0.0193. The normalized spacial score (nSPS) is 17.8. The van der Waals surface area contributed by atoms with E-state index < -0.39 is 210 Å². The number of thioether (sulfide) groups is 1. The average molecular weight is 1850 g/mol. The predicted molar refractivity (Wildman–Crippen MR) is 487 cm³/mol. The maximum atomic E-state index is 15.5. The molecule has 5 aromatic carbocycles. The van der Waals surface area contributed by atoms with Crippen LogP contribution in [0.15, 0.2) is 140 Å². The molecule has 3 aliphatic rings. The zero-order valence-electron chi connectivity index (χ0n) is 75.5. The molecule has 38 heteroatoms. The van der Waals surface area contributed by atoms with Gasteiger partial charge in [-0.1, -0.05) is 151 Å². The Morgan fingerprint density at radius 3 is 1.75 bits per heavy atom. The van der Waals surface area contributed by atoms with Gasteiger partial charge in [0.25, 0.3) is 0 Å². The molecule has 0 bridgehead atoms. The number of primary amides is 1. The number of nitrogens with two attached hydrogens (primary N) is 2. The second-order valence-corrected chi connectivity index (χ2v) is 35.6. The van der Waals surface area contributed by atoms with Crippen LogP contribution in [0.3, 0.4) is 0 Å². The van der Waals surface area contributed by atoms with Crippen molar-refractivity contribution in [3.05, 3.63) is 173 Å². The molecule has 16 N–H and O–H groups in total. The Morgan fingerprint density at radius 1 is 0.583 bits per heavy atom. The highest BCUT2D eigenvalue weighted by Gasteiger charge is 2.54. The molecule has 0 aliphatic carbocycles. The van der Waals surface area contributed by atoms with E-state index in [0.29, 0.717) is 65.4 Å². The van der Waals surface area contributed by atoms with Crippen LogP contribution < -0.4 is 54.0 Å². The number of carboxylic acid groups (broad SMARTS) is 2. The topological polar surface area (TPSA) is 527 Å². The van der Waals surface area contributed by atoms with Crippen molar-refractivity contribution >= 4 is 118 Å². The summed E-state index contributed by atoms with van der Waals surface area (Å²) in [6.45, 7) is 8.63. The number of likely N-dealkylation sites (tertiary alicyclic amines) is 2. The van der Waals surface area contributed by atoms with Crippen molar-refractivity contribution in [2.45, 2.75) is 228 Å². The van der Waals surface area contributed by atoms with Gasteiger partial charge in [0.05, 0.1) is 42.9 Å². The first-order valence-corrected chi connectivity index (χ1v) is 45.7. The van der Waals surface area contributed by atoms with Gasteiger partial charge in [-0.05, 0) is 115 Å². The number of fused-ring (bicyclic) bond motifs is 1. The van der Waals surface area contributed by atoms with E-state index in [1.54, 1.807) is 87.3 Å². The number of nitrogens with one attached hydrogen (secondary N) is 9. The van der Waals surface area contributed by atoms with E-state index in [0.717, 1.165) is 34.4 Å². The second kappa shape index (κ2) is 49.5. The Labute approximate surface area is 769 Å². The zero-order valence-corrected chi connectivity index (χ0v) is 76.3. The minimum Gasteiger partial charge on any atom is -0.508 e. The van der Waals surface area contributed by atoms with E-state index in [1.165, 1.54) is 72.2 Å². The second-order valence-electron chi connectivity index (χ2n) is 34.6. The van der Waals surface area contributed by atoms with Crippen molar-refractivity contribution in [3.8, 4) is 5.75 Å². The van der Waals surface area contributed by atoms with Crippen LogP contribution in [0.5, 0.6) is 5.75 Å². The maximum absolute atomic E-state index is 15.5. The van der Waals surface area contributed by atoms with Crippen molar-refractivity contribution in [2.24, 2.45) is 23.3 Å². The number of aromatic nitrogens is 1.